The lowest BCUT2D eigenvalue weighted by molar-refractivity contribution is 0.641. The van der Waals surface area contributed by atoms with E-state index < -0.39 is 0 Å². The van der Waals surface area contributed by atoms with Gasteiger partial charge in [0, 0.05) is 44.1 Å². The molecule has 0 bridgehead atoms. The fourth-order valence-electron chi connectivity index (χ4n) is 2.54. The second-order valence-electron chi connectivity index (χ2n) is 5.56. The van der Waals surface area contributed by atoms with Crippen LogP contribution in [0.4, 0.5) is 5.69 Å². The number of hydrogen-bond donors (Lipinski definition) is 1. The molecule has 0 radical (unpaired) electrons. The van der Waals surface area contributed by atoms with Crippen molar-refractivity contribution in [1.29, 1.82) is 0 Å². The van der Waals surface area contributed by atoms with Gasteiger partial charge in [0.05, 0.1) is 5.69 Å². The SMILES string of the molecule is Cc1nn(C)c(C)c1CNCCCN(C)c1ccccc1. The molecule has 0 spiro atoms. The number of benzene rings is 1. The van der Waals surface area contributed by atoms with Gasteiger partial charge in [0.25, 0.3) is 0 Å². The molecular weight excluding hydrogens is 260 g/mol. The molecule has 0 aliphatic carbocycles. The highest BCUT2D eigenvalue weighted by Crippen LogP contribution is 2.12. The maximum atomic E-state index is 4.45. The van der Waals surface area contributed by atoms with Crippen LogP contribution in [-0.4, -0.2) is 29.9 Å². The summed E-state index contributed by atoms with van der Waals surface area (Å²) in [7, 11) is 4.14. The van der Waals surface area contributed by atoms with Gasteiger partial charge in [0.15, 0.2) is 0 Å². The first-order chi connectivity index (χ1) is 10.1. The lowest BCUT2D eigenvalue weighted by atomic mass is 10.2. The van der Waals surface area contributed by atoms with E-state index in [0.29, 0.717) is 0 Å². The minimum atomic E-state index is 0.903. The molecule has 1 aromatic carbocycles. The van der Waals surface area contributed by atoms with Gasteiger partial charge in [-0.3, -0.25) is 4.68 Å². The van der Waals surface area contributed by atoms with Crippen molar-refractivity contribution < 1.29 is 0 Å². The highest BCUT2D eigenvalue weighted by Gasteiger charge is 2.08. The average Bonchev–Trinajstić information content (AvgIpc) is 2.73. The maximum absolute atomic E-state index is 4.45. The average molecular weight is 286 g/mol. The third-order valence-corrected chi connectivity index (χ3v) is 4.00. The lowest BCUT2D eigenvalue weighted by Gasteiger charge is -2.19. The number of anilines is 1. The van der Waals surface area contributed by atoms with Crippen LogP contribution < -0.4 is 10.2 Å². The molecule has 0 fully saturated rings. The Balaban J connectivity index is 1.71. The second-order valence-corrected chi connectivity index (χ2v) is 5.56. The molecule has 0 saturated carbocycles. The predicted molar refractivity (Wildman–Crippen MR) is 88.7 cm³/mol. The molecule has 0 aliphatic heterocycles. The topological polar surface area (TPSA) is 33.1 Å². The Bertz CT molecular complexity index is 560. The van der Waals surface area contributed by atoms with E-state index >= 15 is 0 Å². The van der Waals surface area contributed by atoms with E-state index in [-0.39, 0.29) is 0 Å². The van der Waals surface area contributed by atoms with Crippen molar-refractivity contribution in [3.63, 3.8) is 0 Å². The van der Waals surface area contributed by atoms with E-state index in [0.717, 1.165) is 31.7 Å². The highest BCUT2D eigenvalue weighted by atomic mass is 15.3. The van der Waals surface area contributed by atoms with Crippen molar-refractivity contribution in [2.75, 3.05) is 25.0 Å². The molecule has 4 heteroatoms. The molecule has 114 valence electrons. The van der Waals surface area contributed by atoms with E-state index in [1.807, 2.05) is 11.7 Å². The third-order valence-electron chi connectivity index (χ3n) is 4.00. The smallest absolute Gasteiger partial charge is 0.0641 e. The summed E-state index contributed by atoms with van der Waals surface area (Å²) in [6.07, 6.45) is 1.13. The van der Waals surface area contributed by atoms with Crippen molar-refractivity contribution in [3.8, 4) is 0 Å². The number of nitrogens with zero attached hydrogens (tertiary/aromatic N) is 3. The molecule has 0 atom stereocenters. The van der Waals surface area contributed by atoms with Crippen LogP contribution >= 0.6 is 0 Å². The number of rotatable bonds is 7. The van der Waals surface area contributed by atoms with Crippen molar-refractivity contribution in [2.45, 2.75) is 26.8 Å². The molecule has 0 amide bonds. The van der Waals surface area contributed by atoms with Crippen LogP contribution in [0.15, 0.2) is 30.3 Å². The second kappa shape index (κ2) is 7.27. The minimum Gasteiger partial charge on any atom is -0.375 e. The minimum absolute atomic E-state index is 0.903. The monoisotopic (exact) mass is 286 g/mol. The summed E-state index contributed by atoms with van der Waals surface area (Å²) >= 11 is 0. The molecule has 0 saturated heterocycles. The van der Waals surface area contributed by atoms with Crippen LogP contribution in [0.2, 0.25) is 0 Å². The number of hydrogen-bond acceptors (Lipinski definition) is 3. The zero-order chi connectivity index (χ0) is 15.2. The Hall–Kier alpha value is -1.81. The summed E-state index contributed by atoms with van der Waals surface area (Å²) < 4.78 is 1.95. The molecule has 1 aromatic heterocycles. The molecule has 4 nitrogen and oxygen atoms in total. The Morgan fingerprint density at radius 2 is 1.90 bits per heavy atom. The first kappa shape index (κ1) is 15.6. The van der Waals surface area contributed by atoms with Crippen LogP contribution in [0.5, 0.6) is 0 Å². The van der Waals surface area contributed by atoms with Crippen LogP contribution in [0.25, 0.3) is 0 Å². The highest BCUT2D eigenvalue weighted by molar-refractivity contribution is 5.44. The van der Waals surface area contributed by atoms with Crippen molar-refractivity contribution in [2.24, 2.45) is 7.05 Å². The molecule has 0 unspecified atom stereocenters. The molecule has 1 heterocycles. The summed E-state index contributed by atoms with van der Waals surface area (Å²) in [5, 5.41) is 7.97. The van der Waals surface area contributed by atoms with E-state index in [1.165, 1.54) is 16.9 Å². The van der Waals surface area contributed by atoms with Gasteiger partial charge in [0.2, 0.25) is 0 Å². The third kappa shape index (κ3) is 4.08. The van der Waals surface area contributed by atoms with Gasteiger partial charge in [-0.15, -0.1) is 0 Å². The van der Waals surface area contributed by atoms with Crippen LogP contribution in [0, 0.1) is 13.8 Å². The normalized spacial score (nSPS) is 10.9. The summed E-state index contributed by atoms with van der Waals surface area (Å²) in [5.74, 6) is 0. The van der Waals surface area contributed by atoms with Crippen LogP contribution in [-0.2, 0) is 13.6 Å². The van der Waals surface area contributed by atoms with E-state index in [1.54, 1.807) is 0 Å². The zero-order valence-corrected chi connectivity index (χ0v) is 13.6. The zero-order valence-electron chi connectivity index (χ0n) is 13.6. The van der Waals surface area contributed by atoms with Crippen molar-refractivity contribution in [3.05, 3.63) is 47.3 Å². The number of aromatic nitrogens is 2. The summed E-state index contributed by atoms with van der Waals surface area (Å²) in [4.78, 5) is 2.29. The number of nitrogens with one attached hydrogen (secondary N) is 1. The summed E-state index contributed by atoms with van der Waals surface area (Å²) in [5.41, 5.74) is 4.98. The quantitative estimate of drug-likeness (QED) is 0.794. The predicted octanol–water partition coefficient (Wildman–Crippen LogP) is 2.65. The summed E-state index contributed by atoms with van der Waals surface area (Å²) in [6, 6.07) is 10.5. The Kier molecular flexibility index (Phi) is 5.39. The van der Waals surface area contributed by atoms with Crippen molar-refractivity contribution in [1.82, 2.24) is 15.1 Å². The van der Waals surface area contributed by atoms with Gasteiger partial charge < -0.3 is 10.2 Å². The Labute approximate surface area is 127 Å². The van der Waals surface area contributed by atoms with E-state index in [9.17, 15) is 0 Å². The lowest BCUT2D eigenvalue weighted by Crippen LogP contribution is -2.23. The Morgan fingerprint density at radius 3 is 2.52 bits per heavy atom. The Morgan fingerprint density at radius 1 is 1.19 bits per heavy atom. The first-order valence-corrected chi connectivity index (χ1v) is 7.55. The number of aryl methyl sites for hydroxylation is 2. The van der Waals surface area contributed by atoms with E-state index in [2.05, 4.69) is 66.5 Å². The molecule has 2 aromatic rings. The van der Waals surface area contributed by atoms with Gasteiger partial charge in [-0.2, -0.15) is 5.10 Å². The fourth-order valence-corrected chi connectivity index (χ4v) is 2.54. The van der Waals surface area contributed by atoms with Gasteiger partial charge in [0.1, 0.15) is 0 Å². The van der Waals surface area contributed by atoms with Gasteiger partial charge in [-0.25, -0.2) is 0 Å². The van der Waals surface area contributed by atoms with Crippen LogP contribution in [0.1, 0.15) is 23.4 Å². The standard InChI is InChI=1S/C17H26N4/c1-14-17(15(2)21(4)19-14)13-18-11-8-12-20(3)16-9-6-5-7-10-16/h5-7,9-10,18H,8,11-13H2,1-4H3. The van der Waals surface area contributed by atoms with Crippen LogP contribution in [0.3, 0.4) is 0 Å². The summed E-state index contributed by atoms with van der Waals surface area (Å²) in [6.45, 7) is 7.18. The van der Waals surface area contributed by atoms with Crippen molar-refractivity contribution >= 4 is 5.69 Å². The van der Waals surface area contributed by atoms with Gasteiger partial charge >= 0.3 is 0 Å². The fraction of sp³-hybridized carbons (Fsp3) is 0.471. The first-order valence-electron chi connectivity index (χ1n) is 7.55. The van der Waals surface area contributed by atoms with Gasteiger partial charge in [-0.05, 0) is 38.9 Å². The van der Waals surface area contributed by atoms with Gasteiger partial charge in [-0.1, -0.05) is 18.2 Å². The largest absolute Gasteiger partial charge is 0.375 e. The molecular formula is C17H26N4. The number of para-hydroxylation sites is 1. The molecule has 1 N–H and O–H groups in total. The maximum Gasteiger partial charge on any atom is 0.0641 e. The molecule has 0 aliphatic rings. The van der Waals surface area contributed by atoms with E-state index in [4.69, 9.17) is 0 Å². The molecule has 2 rings (SSSR count). The molecule has 21 heavy (non-hydrogen) atoms.